The number of rotatable bonds is 8. The molecule has 13 rings (SSSR count). The molecule has 2 aliphatic heterocycles. The average Bonchev–Trinajstić information content (AvgIpc) is 2.09. The molecule has 0 saturated carbocycles. The predicted molar refractivity (Wildman–Crippen MR) is 298 cm³/mol. The number of carbonyl (C=O) groups excluding carboxylic acids is 1. The van der Waals surface area contributed by atoms with Crippen LogP contribution in [0.5, 0.6) is 0 Å². The summed E-state index contributed by atoms with van der Waals surface area (Å²) >= 11 is 0. The molecule has 2 atom stereocenters. The molecule has 0 bridgehead atoms. The van der Waals surface area contributed by atoms with E-state index in [0.29, 0.717) is 32.8 Å². The van der Waals surface area contributed by atoms with E-state index in [9.17, 15) is 49.4 Å². The summed E-state index contributed by atoms with van der Waals surface area (Å²) in [5, 5.41) is 25.1. The maximum Gasteiger partial charge on any atom is 2.00 e. The minimum Gasteiger partial charge on any atom is -1.00 e. The molecule has 2 fully saturated rings. The van der Waals surface area contributed by atoms with Crippen LogP contribution in [-0.4, -0.2) is 102 Å². The smallest absolute Gasteiger partial charge is 1.00 e. The van der Waals surface area contributed by atoms with Crippen molar-refractivity contribution in [3.8, 4) is 17.1 Å². The number of ketones is 1. The number of nitrogens with zero attached hydrogens (tertiary/aromatic N) is 6. The maximum absolute atomic E-state index is 13.9. The maximum atomic E-state index is 13.9. The summed E-state index contributed by atoms with van der Waals surface area (Å²) in [7, 11) is 0. The molecule has 0 radical (unpaired) electrons. The second-order valence-corrected chi connectivity index (χ2v) is 18.9. The number of carbonyl (C=O) groups is 1. The van der Waals surface area contributed by atoms with Gasteiger partial charge < -0.3 is 31.6 Å². The molecule has 21 heteroatoms. The molecule has 0 aliphatic carbocycles. The predicted octanol–water partition coefficient (Wildman–Crippen LogP) is 11.5. The van der Waals surface area contributed by atoms with Crippen LogP contribution in [0.25, 0.3) is 49.8 Å². The van der Waals surface area contributed by atoms with E-state index in [2.05, 4.69) is 21.4 Å². The van der Waals surface area contributed by atoms with Crippen molar-refractivity contribution in [3.05, 3.63) is 253 Å². The molecule has 11 aromatic rings. The third-order valence-electron chi connectivity index (χ3n) is 13.3. The van der Waals surface area contributed by atoms with Gasteiger partial charge in [0.1, 0.15) is 0 Å². The number of ether oxygens (including phenoxy) is 2. The van der Waals surface area contributed by atoms with Crippen molar-refractivity contribution in [2.75, 3.05) is 19.8 Å². The molecule has 10 nitrogen and oxygen atoms in total. The van der Waals surface area contributed by atoms with Crippen molar-refractivity contribution in [1.82, 2.24) is 29.3 Å². The molecule has 84 heavy (non-hydrogen) atoms. The fraction of sp³-hybridized carbons (Fsp3) is 0.175. The number of aromatic nitrogens is 6. The van der Waals surface area contributed by atoms with Gasteiger partial charge >= 0.3 is 41.6 Å². The summed E-state index contributed by atoms with van der Waals surface area (Å²) in [5.74, 6) is -1.85. The summed E-state index contributed by atoms with van der Waals surface area (Å²) in [6.07, 6.45) is -7.60. The molecule has 0 amide bonds. The second kappa shape index (κ2) is 27.8. The normalized spacial score (nSPS) is 15.2. The van der Waals surface area contributed by atoms with Crippen molar-refractivity contribution in [2.45, 2.75) is 49.0 Å². The van der Waals surface area contributed by atoms with E-state index in [0.717, 1.165) is 35.8 Å². The van der Waals surface area contributed by atoms with E-state index in [1.165, 1.54) is 67.7 Å². The van der Waals surface area contributed by atoms with Gasteiger partial charge in [-0.05, 0) is 108 Å². The van der Waals surface area contributed by atoms with Crippen LogP contribution in [0.1, 0.15) is 39.9 Å². The molecular weight excluding hydrogens is 1180 g/mol. The van der Waals surface area contributed by atoms with Crippen molar-refractivity contribution < 1.29 is 75.9 Å². The molecule has 0 spiro atoms. The first-order valence-electron chi connectivity index (χ1n) is 25.6. The zero-order valence-electron chi connectivity index (χ0n) is 44.4. The largest absolute Gasteiger partial charge is 2.00 e. The Kier molecular flexibility index (Phi) is 21.2. The second-order valence-electron chi connectivity index (χ2n) is 18.9. The minimum atomic E-state index is -4.87. The number of fused-ring (bicyclic) bond motifs is 3. The number of Topliss-reactive ketones (excluding diaryl/α,β-unsaturated/α-hetero) is 1. The number of para-hydroxylation sites is 3. The molecule has 428 valence electrons. The van der Waals surface area contributed by atoms with E-state index in [4.69, 9.17) is 9.47 Å². The Balaban J connectivity index is 0.000000164. The van der Waals surface area contributed by atoms with E-state index in [1.807, 2.05) is 121 Å². The Morgan fingerprint density at radius 3 is 1.35 bits per heavy atom. The van der Waals surface area contributed by atoms with Gasteiger partial charge in [-0.25, -0.2) is 14.0 Å². The Hall–Kier alpha value is -7.66. The van der Waals surface area contributed by atoms with Gasteiger partial charge in [0.05, 0.1) is 58.8 Å². The molecule has 8 aromatic carbocycles. The first-order valence-corrected chi connectivity index (χ1v) is 25.6. The Bertz CT molecular complexity index is 3810. The topological polar surface area (TPSA) is 113 Å². The number of aliphatic hydroxyl groups is 1. The Morgan fingerprint density at radius 2 is 0.964 bits per heavy atom. The van der Waals surface area contributed by atoms with Gasteiger partial charge in [0.15, 0.2) is 5.60 Å². The van der Waals surface area contributed by atoms with Gasteiger partial charge in [-0.3, -0.25) is 4.79 Å². The van der Waals surface area contributed by atoms with Crippen molar-refractivity contribution in [1.29, 1.82) is 0 Å². The summed E-state index contributed by atoms with van der Waals surface area (Å²) in [6, 6.07) is 61.3. The Morgan fingerprint density at radius 1 is 0.548 bits per heavy atom. The van der Waals surface area contributed by atoms with E-state index < -0.39 is 41.9 Å². The number of epoxide rings is 1. The van der Waals surface area contributed by atoms with Crippen LogP contribution < -0.4 is 17.0 Å². The minimum absolute atomic E-state index is 0. The summed E-state index contributed by atoms with van der Waals surface area (Å²) in [6.45, 7) is 1.68. The van der Waals surface area contributed by atoms with Gasteiger partial charge in [0.2, 0.25) is 5.60 Å². The third kappa shape index (κ3) is 15.0. The fourth-order valence-electron chi connectivity index (χ4n) is 8.91. The van der Waals surface area contributed by atoms with Crippen molar-refractivity contribution >= 4 is 61.5 Å². The molecule has 5 heterocycles. The van der Waals surface area contributed by atoms with E-state index in [-0.39, 0.29) is 63.3 Å². The first-order chi connectivity index (χ1) is 39.4. The fourth-order valence-corrected chi connectivity index (χ4v) is 8.91. The number of hydrogen-bond acceptors (Lipinski definition) is 7. The van der Waals surface area contributed by atoms with Gasteiger partial charge in [0, 0.05) is 41.4 Å². The zero-order chi connectivity index (χ0) is 58.0. The van der Waals surface area contributed by atoms with Crippen LogP contribution in [0.3, 0.4) is 0 Å². The number of hydrogen-bond donors (Lipinski definition) is 1. The molecule has 2 unspecified atom stereocenters. The van der Waals surface area contributed by atoms with E-state index >= 15 is 0 Å². The van der Waals surface area contributed by atoms with Crippen LogP contribution >= 0.6 is 0 Å². The van der Waals surface area contributed by atoms with Crippen LogP contribution in [-0.2, 0) is 27.1 Å². The van der Waals surface area contributed by atoms with Crippen molar-refractivity contribution in [2.24, 2.45) is 0 Å². The first kappa shape index (κ1) is 63.9. The van der Waals surface area contributed by atoms with Crippen LogP contribution in [0.4, 0.5) is 39.5 Å². The number of benzene rings is 8. The van der Waals surface area contributed by atoms with Crippen molar-refractivity contribution in [3.63, 3.8) is 0 Å². The van der Waals surface area contributed by atoms with Gasteiger partial charge in [-0.15, -0.1) is 0 Å². The number of alkyl halides is 9. The van der Waals surface area contributed by atoms with Gasteiger partial charge in [-0.2, -0.15) is 91.2 Å². The van der Waals surface area contributed by atoms with Crippen LogP contribution in [0.2, 0.25) is 0 Å². The Labute approximate surface area is 503 Å². The van der Waals surface area contributed by atoms with Crippen LogP contribution in [0.15, 0.2) is 225 Å². The van der Waals surface area contributed by atoms with E-state index in [1.54, 1.807) is 62.7 Å². The molecule has 2 saturated heterocycles. The third-order valence-corrected chi connectivity index (χ3v) is 13.3. The quantitative estimate of drug-likeness (QED) is 0.0530. The molecular formula is C63H50BrF9MgN6O4. The summed E-state index contributed by atoms with van der Waals surface area (Å²) in [5.41, 5.74) is -0.671. The molecule has 3 aromatic heterocycles. The van der Waals surface area contributed by atoms with Gasteiger partial charge in [-0.1, -0.05) is 97.1 Å². The average molecular weight is 1230 g/mol. The summed E-state index contributed by atoms with van der Waals surface area (Å²) < 4.78 is 133. The summed E-state index contributed by atoms with van der Waals surface area (Å²) in [4.78, 5) is 11.2. The zero-order valence-corrected chi connectivity index (χ0v) is 47.4. The standard InChI is InChI=1S/C22H17F3N2O.C16H11F3N2O.C15H9F3N2O.C6H5.C4H8O.BrH.Mg/c23-22(24,25)21(28,14-16-7-3-1-4-8-16)18-11-12-20-17(13-18)15-26-27(20)19-9-5-2-6-10-19;17-16(18,19)15(10-22-15)12-6-7-14-11(8-12)9-20-21(14)13-4-2-1-3-5-13;16-15(17,18)14(21)10-6-7-13-11(8-10)9-19-20(13)12-4-2-1-3-5-12;1-2-4-6-5-3-1;1-2-4-5-3-1;;/h1-13,15,28H,14H2;1-9H,10H2;1-9H;1-5H;1-4H2;1H;/q;;;-1;;;+2/p-1. The monoisotopic (exact) mass is 1230 g/mol. The SMILES string of the molecule is C1CCOC1.FC(F)(F)C1(c2ccc3c(cnn3-c3ccccc3)c2)CO1.O=C(c1ccc2c(cnn2-c2ccccc2)c1)C(F)(F)F.OC(Cc1ccccc1)(c1ccc2c(cnn2-c2ccccc2)c1)C(F)(F)F.[Br-].[Mg+2].[c-]1ccccc1. The van der Waals surface area contributed by atoms with Crippen LogP contribution in [0, 0.1) is 6.07 Å². The van der Waals surface area contributed by atoms with Gasteiger partial charge in [0.25, 0.3) is 5.78 Å². The number of halogens is 10. The molecule has 1 N–H and O–H groups in total. The molecule has 2 aliphatic rings.